The lowest BCUT2D eigenvalue weighted by Gasteiger charge is -2.40. The highest BCUT2D eigenvalue weighted by molar-refractivity contribution is 5.76. The number of unbranched alkanes of at least 4 members (excludes halogenated alkanes) is 23. The third kappa shape index (κ3) is 23.2. The van der Waals surface area contributed by atoms with Gasteiger partial charge < -0.3 is 40.3 Å². The van der Waals surface area contributed by atoms with Crippen LogP contribution in [0.4, 0.5) is 0 Å². The van der Waals surface area contributed by atoms with E-state index in [1.807, 2.05) is 6.08 Å². The van der Waals surface area contributed by atoms with Crippen LogP contribution in [0.1, 0.15) is 181 Å². The molecule has 0 aliphatic carbocycles. The van der Waals surface area contributed by atoms with Crippen molar-refractivity contribution in [3.63, 3.8) is 0 Å². The van der Waals surface area contributed by atoms with Crippen molar-refractivity contribution >= 4 is 5.91 Å². The number of rotatable bonds is 33. The molecule has 0 radical (unpaired) electrons. The SMILES string of the molecule is CCCCCCCCCCCCCC=C[C@@H](O)[C@H](COC1OC(CO)C(O)C(O)C1O)NC(=O)CCCCCCCCCCCCCCC. The van der Waals surface area contributed by atoms with E-state index in [9.17, 15) is 30.3 Å². The van der Waals surface area contributed by atoms with Crippen LogP contribution < -0.4 is 5.32 Å². The molecule has 290 valence electrons. The average Bonchev–Trinajstić information content (AvgIpc) is 3.10. The minimum absolute atomic E-state index is 0.178. The molecule has 0 aromatic rings. The fourth-order valence-corrected chi connectivity index (χ4v) is 6.51. The predicted octanol–water partition coefficient (Wildman–Crippen LogP) is 7.39. The van der Waals surface area contributed by atoms with Gasteiger partial charge in [-0.1, -0.05) is 167 Å². The third-order valence-corrected chi connectivity index (χ3v) is 9.86. The Morgan fingerprint density at radius 1 is 0.673 bits per heavy atom. The number of carbonyl (C=O) groups is 1. The lowest BCUT2D eigenvalue weighted by atomic mass is 9.99. The monoisotopic (exact) mass is 700 g/mol. The number of ether oxygens (including phenoxy) is 2. The molecule has 1 heterocycles. The van der Waals surface area contributed by atoms with Crippen LogP contribution in [0, 0.1) is 0 Å². The number of aliphatic hydroxyl groups is 5. The maximum atomic E-state index is 12.9. The molecule has 1 rings (SSSR count). The minimum Gasteiger partial charge on any atom is -0.394 e. The molecule has 0 saturated carbocycles. The molecule has 0 bridgehead atoms. The van der Waals surface area contributed by atoms with Gasteiger partial charge >= 0.3 is 0 Å². The molecular weight excluding hydrogens is 622 g/mol. The maximum absolute atomic E-state index is 12.9. The summed E-state index contributed by atoms with van der Waals surface area (Å²) in [5.74, 6) is -0.178. The summed E-state index contributed by atoms with van der Waals surface area (Å²) in [4.78, 5) is 12.9. The first kappa shape index (κ1) is 46.0. The maximum Gasteiger partial charge on any atom is 0.220 e. The van der Waals surface area contributed by atoms with E-state index in [1.54, 1.807) is 6.08 Å². The third-order valence-electron chi connectivity index (χ3n) is 9.86. The lowest BCUT2D eigenvalue weighted by Crippen LogP contribution is -2.60. The molecule has 7 atom stereocenters. The van der Waals surface area contributed by atoms with E-state index >= 15 is 0 Å². The normalized spacial score (nSPS) is 22.5. The molecule has 1 fully saturated rings. The van der Waals surface area contributed by atoms with Gasteiger partial charge in [0, 0.05) is 6.42 Å². The number of nitrogens with one attached hydrogen (secondary N) is 1. The number of hydrogen-bond donors (Lipinski definition) is 6. The molecule has 1 aliphatic heterocycles. The summed E-state index contributed by atoms with van der Waals surface area (Å²) in [6, 6.07) is -0.796. The summed E-state index contributed by atoms with van der Waals surface area (Å²) in [5.41, 5.74) is 0. The first-order valence-electron chi connectivity index (χ1n) is 20.4. The van der Waals surface area contributed by atoms with E-state index in [1.165, 1.54) is 122 Å². The highest BCUT2D eigenvalue weighted by Crippen LogP contribution is 2.22. The fourth-order valence-electron chi connectivity index (χ4n) is 6.51. The van der Waals surface area contributed by atoms with Crippen molar-refractivity contribution in [1.29, 1.82) is 0 Å². The topological polar surface area (TPSA) is 149 Å². The molecule has 0 aromatic heterocycles. The summed E-state index contributed by atoms with van der Waals surface area (Å²) in [5, 5.41) is 53.9. The van der Waals surface area contributed by atoms with Crippen LogP contribution in [0.25, 0.3) is 0 Å². The fraction of sp³-hybridized carbons (Fsp3) is 0.925. The van der Waals surface area contributed by atoms with Crippen molar-refractivity contribution in [2.45, 2.75) is 224 Å². The summed E-state index contributed by atoms with van der Waals surface area (Å²) in [6.07, 6.45) is 26.7. The van der Waals surface area contributed by atoms with Crippen LogP contribution in [-0.4, -0.2) is 87.5 Å². The van der Waals surface area contributed by atoms with E-state index in [0.29, 0.717) is 6.42 Å². The van der Waals surface area contributed by atoms with Gasteiger partial charge in [0.25, 0.3) is 0 Å². The molecule has 9 nitrogen and oxygen atoms in total. The van der Waals surface area contributed by atoms with Gasteiger partial charge in [-0.3, -0.25) is 4.79 Å². The summed E-state index contributed by atoms with van der Waals surface area (Å²) < 4.78 is 11.2. The van der Waals surface area contributed by atoms with Gasteiger partial charge in [-0.2, -0.15) is 0 Å². The van der Waals surface area contributed by atoms with Gasteiger partial charge in [-0.15, -0.1) is 0 Å². The Morgan fingerprint density at radius 2 is 1.12 bits per heavy atom. The van der Waals surface area contributed by atoms with Crippen LogP contribution in [-0.2, 0) is 14.3 Å². The number of allylic oxidation sites excluding steroid dienone is 1. The minimum atomic E-state index is -1.56. The van der Waals surface area contributed by atoms with Crippen molar-refractivity contribution < 1.29 is 39.8 Å². The summed E-state index contributed by atoms with van der Waals surface area (Å²) in [6.45, 7) is 3.75. The van der Waals surface area contributed by atoms with E-state index in [-0.39, 0.29) is 12.5 Å². The quantitative estimate of drug-likeness (QED) is 0.0307. The van der Waals surface area contributed by atoms with Gasteiger partial charge in [-0.05, 0) is 19.3 Å². The molecule has 0 spiro atoms. The molecule has 49 heavy (non-hydrogen) atoms. The Balaban J connectivity index is 2.43. The van der Waals surface area contributed by atoms with Crippen LogP contribution in [0.15, 0.2) is 12.2 Å². The van der Waals surface area contributed by atoms with E-state index in [0.717, 1.165) is 38.5 Å². The second-order valence-electron chi connectivity index (χ2n) is 14.4. The number of hydrogen-bond acceptors (Lipinski definition) is 8. The van der Waals surface area contributed by atoms with Crippen molar-refractivity contribution in [3.8, 4) is 0 Å². The standard InChI is InChI=1S/C40H77NO8/c1-3-5-7-9-11-13-15-17-19-21-23-25-27-29-34(43)33(32-48-40-39(47)38(46)37(45)35(31-42)49-40)41-36(44)30-28-26-24-22-20-18-16-14-12-10-8-6-4-2/h27,29,33-35,37-40,42-43,45-47H,3-26,28,30-32H2,1-2H3,(H,41,44)/t33-,34+,35?,37?,38?,39?,40?/m0/s1. The molecule has 6 N–H and O–H groups in total. The molecular formula is C40H77NO8. The average molecular weight is 700 g/mol. The van der Waals surface area contributed by atoms with Crippen LogP contribution in [0.3, 0.4) is 0 Å². The van der Waals surface area contributed by atoms with Gasteiger partial charge in [0.1, 0.15) is 24.4 Å². The summed E-state index contributed by atoms with van der Waals surface area (Å²) >= 11 is 0. The van der Waals surface area contributed by atoms with Crippen LogP contribution >= 0.6 is 0 Å². The first-order chi connectivity index (χ1) is 23.8. The molecule has 1 aliphatic rings. The van der Waals surface area contributed by atoms with Gasteiger partial charge in [-0.25, -0.2) is 0 Å². The molecule has 9 heteroatoms. The van der Waals surface area contributed by atoms with Crippen molar-refractivity contribution in [1.82, 2.24) is 5.32 Å². The Labute approximate surface area is 299 Å². The Kier molecular flexibility index (Phi) is 29.7. The van der Waals surface area contributed by atoms with Crippen molar-refractivity contribution in [3.05, 3.63) is 12.2 Å². The second-order valence-corrected chi connectivity index (χ2v) is 14.4. The number of amides is 1. The lowest BCUT2D eigenvalue weighted by molar-refractivity contribution is -0.302. The zero-order valence-electron chi connectivity index (χ0n) is 31.5. The van der Waals surface area contributed by atoms with Crippen LogP contribution in [0.2, 0.25) is 0 Å². The Hall–Kier alpha value is -1.07. The van der Waals surface area contributed by atoms with Crippen molar-refractivity contribution in [2.24, 2.45) is 0 Å². The number of aliphatic hydroxyl groups excluding tert-OH is 5. The van der Waals surface area contributed by atoms with E-state index in [2.05, 4.69) is 19.2 Å². The Morgan fingerprint density at radius 3 is 1.59 bits per heavy atom. The largest absolute Gasteiger partial charge is 0.394 e. The number of carbonyl (C=O) groups excluding carboxylic acids is 1. The molecule has 0 aromatic carbocycles. The Bertz CT molecular complexity index is 781. The first-order valence-corrected chi connectivity index (χ1v) is 20.4. The zero-order chi connectivity index (χ0) is 36.0. The highest BCUT2D eigenvalue weighted by Gasteiger charge is 2.44. The molecule has 1 saturated heterocycles. The van der Waals surface area contributed by atoms with Crippen LogP contribution in [0.5, 0.6) is 0 Å². The smallest absolute Gasteiger partial charge is 0.220 e. The zero-order valence-corrected chi connectivity index (χ0v) is 31.5. The summed E-state index contributed by atoms with van der Waals surface area (Å²) in [7, 11) is 0. The van der Waals surface area contributed by atoms with E-state index < -0.39 is 49.5 Å². The second kappa shape index (κ2) is 31.6. The van der Waals surface area contributed by atoms with Gasteiger partial charge in [0.2, 0.25) is 5.91 Å². The van der Waals surface area contributed by atoms with Gasteiger partial charge in [0.05, 0.1) is 25.4 Å². The molecule has 5 unspecified atom stereocenters. The predicted molar refractivity (Wildman–Crippen MR) is 198 cm³/mol. The highest BCUT2D eigenvalue weighted by atomic mass is 16.7. The molecule has 1 amide bonds. The van der Waals surface area contributed by atoms with E-state index in [4.69, 9.17) is 9.47 Å². The van der Waals surface area contributed by atoms with Gasteiger partial charge in [0.15, 0.2) is 6.29 Å². The van der Waals surface area contributed by atoms with Crippen molar-refractivity contribution in [2.75, 3.05) is 13.2 Å².